The van der Waals surface area contributed by atoms with Crippen LogP contribution in [0.25, 0.3) is 0 Å². The SMILES string of the molecule is CC1=C/C(=N/NC(=S)Nc2ccc(C)cc2)CC1. The van der Waals surface area contributed by atoms with E-state index in [-0.39, 0.29) is 0 Å². The first-order valence-corrected chi connectivity index (χ1v) is 6.42. The molecule has 1 aliphatic rings. The number of benzene rings is 1. The van der Waals surface area contributed by atoms with Gasteiger partial charge in [0.05, 0.1) is 5.71 Å². The van der Waals surface area contributed by atoms with Crippen LogP contribution in [-0.2, 0) is 0 Å². The van der Waals surface area contributed by atoms with Gasteiger partial charge in [-0.3, -0.25) is 5.43 Å². The Bertz CT molecular complexity index is 500. The number of allylic oxidation sites excluding steroid dienone is 2. The third-order valence-electron chi connectivity index (χ3n) is 2.80. The first-order chi connectivity index (χ1) is 8.63. The van der Waals surface area contributed by atoms with Crippen molar-refractivity contribution >= 4 is 28.7 Å². The summed E-state index contributed by atoms with van der Waals surface area (Å²) in [7, 11) is 0. The van der Waals surface area contributed by atoms with Gasteiger partial charge in [-0.15, -0.1) is 0 Å². The van der Waals surface area contributed by atoms with Crippen molar-refractivity contribution in [3.05, 3.63) is 41.5 Å². The van der Waals surface area contributed by atoms with E-state index in [1.54, 1.807) is 0 Å². The van der Waals surface area contributed by atoms with E-state index in [0.717, 1.165) is 24.2 Å². The second kappa shape index (κ2) is 5.78. The van der Waals surface area contributed by atoms with E-state index in [4.69, 9.17) is 12.2 Å². The van der Waals surface area contributed by atoms with Gasteiger partial charge in [0.1, 0.15) is 0 Å². The molecule has 0 aliphatic heterocycles. The molecule has 0 aromatic heterocycles. The number of hydrogen-bond acceptors (Lipinski definition) is 2. The summed E-state index contributed by atoms with van der Waals surface area (Å²) in [6, 6.07) is 8.08. The lowest BCUT2D eigenvalue weighted by atomic mass is 10.2. The maximum absolute atomic E-state index is 5.18. The molecule has 2 rings (SSSR count). The third-order valence-corrected chi connectivity index (χ3v) is 2.99. The molecule has 0 saturated heterocycles. The molecular formula is C14H17N3S. The lowest BCUT2D eigenvalue weighted by molar-refractivity contribution is 1.00. The van der Waals surface area contributed by atoms with E-state index in [1.807, 2.05) is 24.3 Å². The third kappa shape index (κ3) is 3.67. The second-order valence-corrected chi connectivity index (χ2v) is 4.93. The molecule has 0 atom stereocenters. The maximum atomic E-state index is 5.18. The Morgan fingerprint density at radius 2 is 1.89 bits per heavy atom. The van der Waals surface area contributed by atoms with Crippen LogP contribution in [0.5, 0.6) is 0 Å². The van der Waals surface area contributed by atoms with Crippen molar-refractivity contribution in [3.63, 3.8) is 0 Å². The summed E-state index contributed by atoms with van der Waals surface area (Å²) in [5.74, 6) is 0. The fourth-order valence-corrected chi connectivity index (χ4v) is 1.92. The van der Waals surface area contributed by atoms with E-state index >= 15 is 0 Å². The first kappa shape index (κ1) is 12.8. The van der Waals surface area contributed by atoms with Crippen molar-refractivity contribution < 1.29 is 0 Å². The molecule has 2 N–H and O–H groups in total. The molecule has 94 valence electrons. The monoisotopic (exact) mass is 259 g/mol. The lowest BCUT2D eigenvalue weighted by Crippen LogP contribution is -2.24. The molecule has 0 bridgehead atoms. The summed E-state index contributed by atoms with van der Waals surface area (Å²) in [6.07, 6.45) is 4.19. The number of aryl methyl sites for hydroxylation is 1. The summed E-state index contributed by atoms with van der Waals surface area (Å²) in [6.45, 7) is 4.17. The molecule has 4 heteroatoms. The van der Waals surface area contributed by atoms with Crippen molar-refractivity contribution in [2.24, 2.45) is 5.10 Å². The van der Waals surface area contributed by atoms with Crippen LogP contribution >= 0.6 is 12.2 Å². The summed E-state index contributed by atoms with van der Waals surface area (Å²) >= 11 is 5.18. The van der Waals surface area contributed by atoms with Gasteiger partial charge in [-0.2, -0.15) is 5.10 Å². The summed E-state index contributed by atoms with van der Waals surface area (Å²) in [4.78, 5) is 0. The minimum Gasteiger partial charge on any atom is -0.331 e. The van der Waals surface area contributed by atoms with Gasteiger partial charge in [-0.05, 0) is 57.1 Å². The summed E-state index contributed by atoms with van der Waals surface area (Å²) < 4.78 is 0. The van der Waals surface area contributed by atoms with Gasteiger partial charge < -0.3 is 5.32 Å². The van der Waals surface area contributed by atoms with E-state index < -0.39 is 0 Å². The lowest BCUT2D eigenvalue weighted by Gasteiger charge is -2.07. The highest BCUT2D eigenvalue weighted by atomic mass is 32.1. The molecule has 0 unspecified atom stereocenters. The zero-order valence-corrected chi connectivity index (χ0v) is 11.5. The number of anilines is 1. The van der Waals surface area contributed by atoms with Crippen molar-refractivity contribution in [1.82, 2.24) is 5.43 Å². The fraction of sp³-hybridized carbons (Fsp3) is 0.286. The van der Waals surface area contributed by atoms with Gasteiger partial charge in [-0.25, -0.2) is 0 Å². The zero-order chi connectivity index (χ0) is 13.0. The predicted octanol–water partition coefficient (Wildman–Crippen LogP) is 3.38. The predicted molar refractivity (Wildman–Crippen MR) is 81.0 cm³/mol. The summed E-state index contributed by atoms with van der Waals surface area (Å²) in [5, 5.41) is 7.89. The smallest absolute Gasteiger partial charge is 0.191 e. The molecule has 1 aliphatic carbocycles. The molecule has 1 aromatic carbocycles. The molecule has 1 aromatic rings. The molecule has 0 spiro atoms. The fourth-order valence-electron chi connectivity index (χ4n) is 1.76. The van der Waals surface area contributed by atoms with Gasteiger partial charge in [0.15, 0.2) is 5.11 Å². The number of hydrogen-bond donors (Lipinski definition) is 2. The van der Waals surface area contributed by atoms with E-state index in [9.17, 15) is 0 Å². The highest BCUT2D eigenvalue weighted by Crippen LogP contribution is 2.14. The van der Waals surface area contributed by atoms with E-state index in [0.29, 0.717) is 5.11 Å². The summed E-state index contributed by atoms with van der Waals surface area (Å²) in [5.41, 5.74) is 7.49. The Morgan fingerprint density at radius 1 is 1.17 bits per heavy atom. The molecule has 0 saturated carbocycles. The number of thiocarbonyl (C=S) groups is 1. The number of hydrazone groups is 1. The van der Waals surface area contributed by atoms with Crippen molar-refractivity contribution in [2.75, 3.05) is 5.32 Å². The Hall–Kier alpha value is -1.68. The van der Waals surface area contributed by atoms with Crippen LogP contribution in [0.1, 0.15) is 25.3 Å². The molecule has 18 heavy (non-hydrogen) atoms. The Kier molecular flexibility index (Phi) is 4.10. The first-order valence-electron chi connectivity index (χ1n) is 6.01. The number of nitrogens with zero attached hydrogens (tertiary/aromatic N) is 1. The standard InChI is InChI=1S/C14H17N3S/c1-10-3-6-12(7-4-10)15-14(18)17-16-13-8-5-11(2)9-13/h3-4,6-7,9H,5,8H2,1-2H3,(H2,15,17,18)/b16-13+. The van der Waals surface area contributed by atoms with Crippen LogP contribution in [0, 0.1) is 6.92 Å². The van der Waals surface area contributed by atoms with Crippen LogP contribution in [-0.4, -0.2) is 10.8 Å². The van der Waals surface area contributed by atoms with Crippen LogP contribution in [0.15, 0.2) is 41.0 Å². The Balaban J connectivity index is 1.88. The quantitative estimate of drug-likeness (QED) is 0.631. The van der Waals surface area contributed by atoms with Crippen LogP contribution in [0.4, 0.5) is 5.69 Å². The average molecular weight is 259 g/mol. The molecule has 0 radical (unpaired) electrons. The van der Waals surface area contributed by atoms with E-state index in [2.05, 4.69) is 35.8 Å². The van der Waals surface area contributed by atoms with Crippen LogP contribution in [0.3, 0.4) is 0 Å². The topological polar surface area (TPSA) is 36.4 Å². The Morgan fingerprint density at radius 3 is 2.50 bits per heavy atom. The Labute approximate surface area is 113 Å². The molecular weight excluding hydrogens is 242 g/mol. The average Bonchev–Trinajstić information content (AvgIpc) is 2.76. The number of rotatable bonds is 2. The van der Waals surface area contributed by atoms with Crippen LogP contribution < -0.4 is 10.7 Å². The van der Waals surface area contributed by atoms with Crippen molar-refractivity contribution in [1.29, 1.82) is 0 Å². The van der Waals surface area contributed by atoms with E-state index in [1.165, 1.54) is 11.1 Å². The zero-order valence-electron chi connectivity index (χ0n) is 10.7. The van der Waals surface area contributed by atoms with Crippen molar-refractivity contribution in [2.45, 2.75) is 26.7 Å². The van der Waals surface area contributed by atoms with Crippen LogP contribution in [0.2, 0.25) is 0 Å². The highest BCUT2D eigenvalue weighted by molar-refractivity contribution is 7.80. The van der Waals surface area contributed by atoms with Crippen molar-refractivity contribution in [3.8, 4) is 0 Å². The second-order valence-electron chi connectivity index (χ2n) is 4.53. The highest BCUT2D eigenvalue weighted by Gasteiger charge is 2.06. The van der Waals surface area contributed by atoms with Gasteiger partial charge >= 0.3 is 0 Å². The van der Waals surface area contributed by atoms with Gasteiger partial charge in [0.25, 0.3) is 0 Å². The molecule has 3 nitrogen and oxygen atoms in total. The van der Waals surface area contributed by atoms with Gasteiger partial charge in [-0.1, -0.05) is 23.3 Å². The van der Waals surface area contributed by atoms with Gasteiger partial charge in [0, 0.05) is 5.69 Å². The molecule has 0 fully saturated rings. The number of nitrogens with one attached hydrogen (secondary N) is 2. The minimum atomic E-state index is 0.518. The molecule has 0 heterocycles. The van der Waals surface area contributed by atoms with Gasteiger partial charge in [0.2, 0.25) is 0 Å². The maximum Gasteiger partial charge on any atom is 0.191 e. The molecule has 0 amide bonds. The minimum absolute atomic E-state index is 0.518. The largest absolute Gasteiger partial charge is 0.331 e. The normalized spacial score (nSPS) is 16.6.